The molecule has 18 heavy (non-hydrogen) atoms. The number of benzene rings is 1. The number of amides is 1. The topological polar surface area (TPSA) is 64.3 Å². The highest BCUT2D eigenvalue weighted by molar-refractivity contribution is 9.11. The number of ether oxygens (including phenoxy) is 1. The monoisotopic (exact) mass is 378 g/mol. The second-order valence-electron chi connectivity index (χ2n) is 3.80. The Morgan fingerprint density at radius 1 is 1.28 bits per heavy atom. The Labute approximate surface area is 123 Å². The third kappa shape index (κ3) is 5.84. The minimum absolute atomic E-state index is 0.119. The Morgan fingerprint density at radius 3 is 2.72 bits per heavy atom. The molecule has 0 aromatic heterocycles. The Morgan fingerprint density at radius 2 is 2.06 bits per heavy atom. The van der Waals surface area contributed by atoms with Crippen LogP contribution in [-0.2, 0) is 4.79 Å². The Hall–Kier alpha value is -0.590. The van der Waals surface area contributed by atoms with Crippen LogP contribution >= 0.6 is 31.9 Å². The molecule has 1 aromatic carbocycles. The average Bonchev–Trinajstić information content (AvgIpc) is 2.35. The molecule has 0 heterocycles. The Kier molecular flexibility index (Phi) is 7.31. The number of nitrogens with one attached hydrogen (secondary N) is 1. The van der Waals surface area contributed by atoms with Crippen LogP contribution in [0.1, 0.15) is 25.7 Å². The average molecular weight is 380 g/mol. The van der Waals surface area contributed by atoms with E-state index in [1.54, 1.807) is 0 Å². The van der Waals surface area contributed by atoms with Gasteiger partial charge in [-0.05, 0) is 53.4 Å². The number of unbranched alkanes of at least 4 members (excludes halogenated alkanes) is 2. The molecular formula is C12H16Br2N2O2. The number of halogens is 2. The van der Waals surface area contributed by atoms with E-state index in [9.17, 15) is 4.79 Å². The van der Waals surface area contributed by atoms with E-state index < -0.39 is 0 Å². The number of nitrogens with two attached hydrogens (primary N) is 1. The molecule has 1 rings (SSSR count). The number of rotatable bonds is 7. The van der Waals surface area contributed by atoms with E-state index in [2.05, 4.69) is 37.3 Å². The van der Waals surface area contributed by atoms with Gasteiger partial charge in [-0.1, -0.05) is 15.9 Å². The first-order valence-corrected chi connectivity index (χ1v) is 7.29. The first-order valence-electron chi connectivity index (χ1n) is 5.71. The van der Waals surface area contributed by atoms with Crippen LogP contribution in [0.5, 0.6) is 5.75 Å². The van der Waals surface area contributed by atoms with Crippen LogP contribution in [0.4, 0.5) is 0 Å². The fourth-order valence-corrected chi connectivity index (χ4v) is 2.57. The fourth-order valence-electron chi connectivity index (χ4n) is 1.41. The lowest BCUT2D eigenvalue weighted by Crippen LogP contribution is -2.29. The highest BCUT2D eigenvalue weighted by Gasteiger charge is 2.02. The van der Waals surface area contributed by atoms with Crippen molar-refractivity contribution in [1.29, 1.82) is 0 Å². The van der Waals surface area contributed by atoms with E-state index in [0.29, 0.717) is 13.0 Å². The predicted molar refractivity (Wildman–Crippen MR) is 78.1 cm³/mol. The molecule has 0 aliphatic carbocycles. The summed E-state index contributed by atoms with van der Waals surface area (Å²) in [5, 5.41) is 0. The predicted octanol–water partition coefficient (Wildman–Crippen LogP) is 3.14. The second-order valence-corrected chi connectivity index (χ2v) is 5.57. The summed E-state index contributed by atoms with van der Waals surface area (Å²) in [6.45, 7) is 0.643. The zero-order valence-electron chi connectivity index (χ0n) is 9.92. The van der Waals surface area contributed by atoms with Gasteiger partial charge >= 0.3 is 0 Å². The molecule has 0 bridgehead atoms. The molecule has 1 amide bonds. The van der Waals surface area contributed by atoms with Crippen LogP contribution in [-0.4, -0.2) is 12.5 Å². The third-order valence-electron chi connectivity index (χ3n) is 2.36. The van der Waals surface area contributed by atoms with Crippen molar-refractivity contribution in [2.75, 3.05) is 6.61 Å². The molecular weight excluding hydrogens is 364 g/mol. The van der Waals surface area contributed by atoms with Crippen molar-refractivity contribution < 1.29 is 9.53 Å². The van der Waals surface area contributed by atoms with Gasteiger partial charge in [0.25, 0.3) is 0 Å². The first-order chi connectivity index (χ1) is 8.63. The lowest BCUT2D eigenvalue weighted by molar-refractivity contribution is -0.121. The number of hydrogen-bond donors (Lipinski definition) is 2. The molecule has 4 nitrogen and oxygen atoms in total. The molecule has 0 saturated heterocycles. The Balaban J connectivity index is 2.16. The van der Waals surface area contributed by atoms with Crippen LogP contribution in [0, 0.1) is 0 Å². The summed E-state index contributed by atoms with van der Waals surface area (Å²) in [4.78, 5) is 10.9. The van der Waals surface area contributed by atoms with Crippen molar-refractivity contribution in [3.05, 3.63) is 27.1 Å². The molecule has 0 atom stereocenters. The maximum absolute atomic E-state index is 10.9. The molecule has 0 unspecified atom stereocenters. The van der Waals surface area contributed by atoms with Gasteiger partial charge in [-0.2, -0.15) is 0 Å². The minimum Gasteiger partial charge on any atom is -0.492 e. The highest BCUT2D eigenvalue weighted by atomic mass is 79.9. The summed E-state index contributed by atoms with van der Waals surface area (Å²) < 4.78 is 7.57. The van der Waals surface area contributed by atoms with Crippen LogP contribution < -0.4 is 16.0 Å². The zero-order chi connectivity index (χ0) is 13.4. The molecule has 0 radical (unpaired) electrons. The molecule has 0 spiro atoms. The number of hydrogen-bond acceptors (Lipinski definition) is 3. The molecule has 0 fully saturated rings. The number of hydrazine groups is 1. The van der Waals surface area contributed by atoms with Gasteiger partial charge in [0.05, 0.1) is 11.1 Å². The van der Waals surface area contributed by atoms with Gasteiger partial charge in [-0.15, -0.1) is 0 Å². The molecule has 6 heteroatoms. The normalized spacial score (nSPS) is 10.2. The van der Waals surface area contributed by atoms with Crippen molar-refractivity contribution in [1.82, 2.24) is 5.43 Å². The molecule has 0 saturated carbocycles. The van der Waals surface area contributed by atoms with Crippen LogP contribution in [0.25, 0.3) is 0 Å². The highest BCUT2D eigenvalue weighted by Crippen LogP contribution is 2.28. The summed E-state index contributed by atoms with van der Waals surface area (Å²) in [5.74, 6) is 5.70. The Bertz CT molecular complexity index is 400. The summed E-state index contributed by atoms with van der Waals surface area (Å²) in [6, 6.07) is 5.79. The number of carbonyl (C=O) groups excluding carboxylic acids is 1. The zero-order valence-corrected chi connectivity index (χ0v) is 13.1. The van der Waals surface area contributed by atoms with Gasteiger partial charge in [0, 0.05) is 10.9 Å². The maximum atomic E-state index is 10.9. The van der Waals surface area contributed by atoms with E-state index in [-0.39, 0.29) is 5.91 Å². The quantitative estimate of drug-likeness (QED) is 0.331. The van der Waals surface area contributed by atoms with Crippen LogP contribution in [0.15, 0.2) is 27.1 Å². The van der Waals surface area contributed by atoms with Crippen LogP contribution in [0.3, 0.4) is 0 Å². The van der Waals surface area contributed by atoms with Gasteiger partial charge in [-0.25, -0.2) is 5.84 Å². The molecule has 3 N–H and O–H groups in total. The molecule has 100 valence electrons. The standard InChI is InChI=1S/C12H16Br2N2O2/c13-9-5-6-11(10(14)8-9)18-7-3-1-2-4-12(17)16-15/h5-6,8H,1-4,7,15H2,(H,16,17). The summed E-state index contributed by atoms with van der Waals surface area (Å²) in [6.07, 6.45) is 3.16. The number of carbonyl (C=O) groups is 1. The van der Waals surface area contributed by atoms with Crippen LogP contribution in [0.2, 0.25) is 0 Å². The summed E-state index contributed by atoms with van der Waals surface area (Å²) in [5.41, 5.74) is 2.11. The van der Waals surface area contributed by atoms with Crippen molar-refractivity contribution in [3.63, 3.8) is 0 Å². The van der Waals surface area contributed by atoms with E-state index >= 15 is 0 Å². The minimum atomic E-state index is -0.119. The van der Waals surface area contributed by atoms with E-state index in [0.717, 1.165) is 34.0 Å². The molecule has 0 aliphatic heterocycles. The first kappa shape index (κ1) is 15.5. The van der Waals surface area contributed by atoms with Gasteiger partial charge in [0.1, 0.15) is 5.75 Å². The van der Waals surface area contributed by atoms with Gasteiger partial charge < -0.3 is 4.74 Å². The van der Waals surface area contributed by atoms with E-state index in [1.807, 2.05) is 18.2 Å². The van der Waals surface area contributed by atoms with Crippen molar-refractivity contribution in [2.45, 2.75) is 25.7 Å². The van der Waals surface area contributed by atoms with Gasteiger partial charge in [0.2, 0.25) is 5.91 Å². The summed E-state index contributed by atoms with van der Waals surface area (Å²) >= 11 is 6.82. The smallest absolute Gasteiger partial charge is 0.233 e. The van der Waals surface area contributed by atoms with Crippen molar-refractivity contribution >= 4 is 37.8 Å². The van der Waals surface area contributed by atoms with Crippen molar-refractivity contribution in [2.24, 2.45) is 5.84 Å². The lowest BCUT2D eigenvalue weighted by Gasteiger charge is -2.08. The van der Waals surface area contributed by atoms with E-state index in [1.165, 1.54) is 0 Å². The SMILES string of the molecule is NNC(=O)CCCCCOc1ccc(Br)cc1Br. The fraction of sp³-hybridized carbons (Fsp3) is 0.417. The molecule has 0 aliphatic rings. The summed E-state index contributed by atoms with van der Waals surface area (Å²) in [7, 11) is 0. The van der Waals surface area contributed by atoms with Gasteiger partial charge in [-0.3, -0.25) is 10.2 Å². The third-order valence-corrected chi connectivity index (χ3v) is 3.47. The largest absolute Gasteiger partial charge is 0.492 e. The lowest BCUT2D eigenvalue weighted by atomic mass is 10.2. The molecule has 1 aromatic rings. The van der Waals surface area contributed by atoms with Gasteiger partial charge in [0.15, 0.2) is 0 Å². The van der Waals surface area contributed by atoms with E-state index in [4.69, 9.17) is 10.6 Å². The maximum Gasteiger partial charge on any atom is 0.233 e. The van der Waals surface area contributed by atoms with Crippen molar-refractivity contribution in [3.8, 4) is 5.75 Å². The second kappa shape index (κ2) is 8.50.